The molecule has 0 aliphatic rings. The van der Waals surface area contributed by atoms with Crippen LogP contribution in [0.4, 0.5) is 8.78 Å². The fourth-order valence-corrected chi connectivity index (χ4v) is 4.03. The lowest BCUT2D eigenvalue weighted by Crippen LogP contribution is -2.30. The van der Waals surface area contributed by atoms with Gasteiger partial charge in [0.05, 0.1) is 10.5 Å². The van der Waals surface area contributed by atoms with Gasteiger partial charge in [0.1, 0.15) is 5.58 Å². The van der Waals surface area contributed by atoms with E-state index < -0.39 is 22.6 Å². The molecule has 0 amide bonds. The average molecular weight is 399 g/mol. The molecule has 27 heavy (non-hydrogen) atoms. The van der Waals surface area contributed by atoms with Crippen LogP contribution in [0.3, 0.4) is 0 Å². The number of furan rings is 1. The van der Waals surface area contributed by atoms with E-state index in [2.05, 4.69) is 9.46 Å². The number of benzene rings is 2. The molecule has 0 saturated heterocycles. The van der Waals surface area contributed by atoms with E-state index in [1.54, 1.807) is 13.8 Å². The standard InChI is InChI=1S/C17H15F2NO6S/c1-8(2)20-27(23,24)9-3-5-12-11(7-9)14-10(16(21)22)4-6-13(15(14)25-12)26-17(18)19/h3-8,17,20H,1-2H3,(H,21,22). The van der Waals surface area contributed by atoms with Gasteiger partial charge in [-0.1, -0.05) is 0 Å². The van der Waals surface area contributed by atoms with Crippen molar-refractivity contribution in [2.24, 2.45) is 0 Å². The van der Waals surface area contributed by atoms with Crippen LogP contribution in [0.1, 0.15) is 24.2 Å². The van der Waals surface area contributed by atoms with Crippen molar-refractivity contribution in [3.05, 3.63) is 35.9 Å². The molecule has 0 radical (unpaired) electrons. The van der Waals surface area contributed by atoms with Gasteiger partial charge in [0.15, 0.2) is 11.3 Å². The Morgan fingerprint density at radius 1 is 1.22 bits per heavy atom. The van der Waals surface area contributed by atoms with E-state index in [0.29, 0.717) is 0 Å². The maximum Gasteiger partial charge on any atom is 0.387 e. The highest BCUT2D eigenvalue weighted by Gasteiger charge is 2.23. The summed E-state index contributed by atoms with van der Waals surface area (Å²) in [5.41, 5.74) is -0.283. The predicted molar refractivity (Wildman–Crippen MR) is 92.8 cm³/mol. The van der Waals surface area contributed by atoms with Crippen LogP contribution in [0, 0.1) is 0 Å². The zero-order valence-corrected chi connectivity index (χ0v) is 15.0. The first kappa shape index (κ1) is 19.1. The number of halogens is 2. The molecule has 1 heterocycles. The molecular formula is C17H15F2NO6S. The molecule has 0 fully saturated rings. The van der Waals surface area contributed by atoms with Crippen molar-refractivity contribution in [3.8, 4) is 5.75 Å². The largest absolute Gasteiger partial charge is 0.478 e. The highest BCUT2D eigenvalue weighted by molar-refractivity contribution is 7.89. The maximum absolute atomic E-state index is 12.6. The van der Waals surface area contributed by atoms with Crippen LogP contribution in [-0.4, -0.2) is 32.1 Å². The number of fused-ring (bicyclic) bond motifs is 3. The lowest BCUT2D eigenvalue weighted by Gasteiger charge is -2.09. The van der Waals surface area contributed by atoms with Crippen LogP contribution in [0.5, 0.6) is 5.75 Å². The number of ether oxygens (including phenoxy) is 1. The summed E-state index contributed by atoms with van der Waals surface area (Å²) in [4.78, 5) is 11.4. The van der Waals surface area contributed by atoms with Crippen molar-refractivity contribution >= 4 is 37.9 Å². The van der Waals surface area contributed by atoms with Gasteiger partial charge in [-0.3, -0.25) is 0 Å². The number of alkyl halides is 2. The number of nitrogens with one attached hydrogen (secondary N) is 1. The molecule has 0 aliphatic heterocycles. The molecular weight excluding hydrogens is 384 g/mol. The molecule has 7 nitrogen and oxygen atoms in total. The Morgan fingerprint density at radius 2 is 1.93 bits per heavy atom. The molecule has 3 rings (SSSR count). The van der Waals surface area contributed by atoms with Crippen LogP contribution in [0.15, 0.2) is 39.6 Å². The van der Waals surface area contributed by atoms with Gasteiger partial charge in [0, 0.05) is 16.8 Å². The molecule has 0 atom stereocenters. The number of sulfonamides is 1. The third-order valence-corrected chi connectivity index (χ3v) is 5.36. The van der Waals surface area contributed by atoms with E-state index in [-0.39, 0.29) is 44.2 Å². The molecule has 2 aromatic carbocycles. The molecule has 0 saturated carbocycles. The Hall–Kier alpha value is -2.72. The Kier molecular flexibility index (Phi) is 4.79. The summed E-state index contributed by atoms with van der Waals surface area (Å²) in [7, 11) is -3.85. The Bertz CT molecular complexity index is 1140. The van der Waals surface area contributed by atoms with Gasteiger partial charge < -0.3 is 14.3 Å². The molecule has 2 N–H and O–H groups in total. The summed E-state index contributed by atoms with van der Waals surface area (Å²) in [5, 5.41) is 9.56. The minimum Gasteiger partial charge on any atom is -0.478 e. The molecule has 1 aromatic heterocycles. The van der Waals surface area contributed by atoms with Crippen LogP contribution < -0.4 is 9.46 Å². The van der Waals surface area contributed by atoms with Crippen LogP contribution in [-0.2, 0) is 10.0 Å². The van der Waals surface area contributed by atoms with Gasteiger partial charge in [-0.15, -0.1) is 0 Å². The smallest absolute Gasteiger partial charge is 0.387 e. The first-order valence-corrected chi connectivity index (χ1v) is 9.28. The molecule has 0 unspecified atom stereocenters. The number of carboxylic acids is 1. The first-order chi connectivity index (χ1) is 12.6. The van der Waals surface area contributed by atoms with Gasteiger partial charge in [-0.2, -0.15) is 8.78 Å². The Morgan fingerprint density at radius 3 is 2.52 bits per heavy atom. The first-order valence-electron chi connectivity index (χ1n) is 7.80. The van der Waals surface area contributed by atoms with Crippen molar-refractivity contribution in [2.45, 2.75) is 31.4 Å². The zero-order chi connectivity index (χ0) is 19.9. The van der Waals surface area contributed by atoms with Gasteiger partial charge >= 0.3 is 12.6 Å². The van der Waals surface area contributed by atoms with Gasteiger partial charge in [0.25, 0.3) is 0 Å². The molecule has 0 spiro atoms. The van der Waals surface area contributed by atoms with Crippen LogP contribution >= 0.6 is 0 Å². The third-order valence-electron chi connectivity index (χ3n) is 3.70. The lowest BCUT2D eigenvalue weighted by atomic mass is 10.1. The summed E-state index contributed by atoms with van der Waals surface area (Å²) >= 11 is 0. The van der Waals surface area contributed by atoms with Crippen molar-refractivity contribution in [3.63, 3.8) is 0 Å². The van der Waals surface area contributed by atoms with E-state index in [1.807, 2.05) is 0 Å². The minimum absolute atomic E-state index is 0.0164. The highest BCUT2D eigenvalue weighted by Crippen LogP contribution is 2.38. The van der Waals surface area contributed by atoms with E-state index in [9.17, 15) is 27.1 Å². The number of aromatic carboxylic acids is 1. The average Bonchev–Trinajstić information content (AvgIpc) is 2.92. The summed E-state index contributed by atoms with van der Waals surface area (Å²) in [6, 6.07) is 5.67. The second-order valence-corrected chi connectivity index (χ2v) is 7.75. The summed E-state index contributed by atoms with van der Waals surface area (Å²) in [5.74, 6) is -1.66. The van der Waals surface area contributed by atoms with Crippen molar-refractivity contribution < 1.29 is 36.3 Å². The van der Waals surface area contributed by atoms with Gasteiger partial charge in [-0.25, -0.2) is 17.9 Å². The highest BCUT2D eigenvalue weighted by atomic mass is 32.2. The van der Waals surface area contributed by atoms with Crippen molar-refractivity contribution in [1.82, 2.24) is 4.72 Å². The molecule has 10 heteroatoms. The van der Waals surface area contributed by atoms with E-state index >= 15 is 0 Å². The molecule has 3 aromatic rings. The number of carbonyl (C=O) groups is 1. The monoisotopic (exact) mass is 399 g/mol. The quantitative estimate of drug-likeness (QED) is 0.656. The summed E-state index contributed by atoms with van der Waals surface area (Å²) in [6.07, 6.45) is 0. The Balaban J connectivity index is 2.32. The van der Waals surface area contributed by atoms with Gasteiger partial charge in [-0.05, 0) is 44.2 Å². The summed E-state index contributed by atoms with van der Waals surface area (Å²) in [6.45, 7) is 0.169. The number of hydrogen-bond donors (Lipinski definition) is 2. The predicted octanol–water partition coefficient (Wildman–Crippen LogP) is 3.57. The van der Waals surface area contributed by atoms with E-state index in [0.717, 1.165) is 12.1 Å². The molecule has 0 aliphatic carbocycles. The summed E-state index contributed by atoms with van der Waals surface area (Å²) < 4.78 is 62.4. The topological polar surface area (TPSA) is 106 Å². The zero-order valence-electron chi connectivity index (χ0n) is 14.2. The Labute approximate surface area is 152 Å². The second kappa shape index (κ2) is 6.78. The second-order valence-electron chi connectivity index (χ2n) is 6.04. The third kappa shape index (κ3) is 3.58. The maximum atomic E-state index is 12.6. The number of hydrogen-bond acceptors (Lipinski definition) is 5. The number of rotatable bonds is 6. The fourth-order valence-electron chi connectivity index (χ4n) is 2.75. The van der Waals surface area contributed by atoms with Crippen molar-refractivity contribution in [2.75, 3.05) is 0 Å². The van der Waals surface area contributed by atoms with Gasteiger partial charge in [0.2, 0.25) is 10.0 Å². The van der Waals surface area contributed by atoms with Crippen molar-refractivity contribution in [1.29, 1.82) is 0 Å². The molecule has 144 valence electrons. The van der Waals surface area contributed by atoms with Crippen LogP contribution in [0.2, 0.25) is 0 Å². The SMILES string of the molecule is CC(C)NS(=O)(=O)c1ccc2oc3c(OC(F)F)ccc(C(=O)O)c3c2c1. The number of carboxylic acid groups (broad SMARTS) is 1. The van der Waals surface area contributed by atoms with E-state index in [4.69, 9.17) is 4.42 Å². The minimum atomic E-state index is -3.85. The van der Waals surface area contributed by atoms with Crippen LogP contribution in [0.25, 0.3) is 21.9 Å². The lowest BCUT2D eigenvalue weighted by molar-refractivity contribution is -0.0493. The molecule has 0 bridgehead atoms. The van der Waals surface area contributed by atoms with E-state index in [1.165, 1.54) is 18.2 Å². The fraction of sp³-hybridized carbons (Fsp3) is 0.235. The normalized spacial score (nSPS) is 12.4.